The molecule has 0 unspecified atom stereocenters. The Morgan fingerprint density at radius 1 is 0.339 bits per heavy atom. The van der Waals surface area contributed by atoms with Gasteiger partial charge >= 0.3 is 5.97 Å². The summed E-state index contributed by atoms with van der Waals surface area (Å²) in [7, 11) is 0. The Bertz CT molecular complexity index is 1270. The summed E-state index contributed by atoms with van der Waals surface area (Å²) >= 11 is 0. The minimum Gasteiger partial charge on any atom is -0.463 e. The van der Waals surface area contributed by atoms with E-state index in [1.54, 1.807) is 0 Å². The van der Waals surface area contributed by atoms with Gasteiger partial charge in [-0.25, -0.2) is 0 Å². The molecule has 12 heteroatoms. The van der Waals surface area contributed by atoms with Gasteiger partial charge in [0.15, 0.2) is 0 Å². The third kappa shape index (κ3) is 27.0. The predicted octanol–water partition coefficient (Wildman–Crippen LogP) is 8.99. The zero-order valence-corrected chi connectivity index (χ0v) is 38.3. The largest absolute Gasteiger partial charge is 0.463 e. The monoisotopic (exact) mass is 875 g/mol. The molecule has 2 aromatic rings. The molecular formula is C50H82O12. The first kappa shape index (κ1) is 53.8. The number of rotatable bonds is 46. The minimum absolute atomic E-state index is 0.197. The molecule has 0 aliphatic heterocycles. The van der Waals surface area contributed by atoms with E-state index < -0.39 is 5.92 Å². The maximum Gasteiger partial charge on any atom is 0.318 e. The van der Waals surface area contributed by atoms with Crippen LogP contribution in [-0.2, 0) is 56.9 Å². The maximum absolute atomic E-state index is 12.9. The number of fused-ring (bicyclic) bond motifs is 3. The summed E-state index contributed by atoms with van der Waals surface area (Å²) in [5, 5.41) is 0. The molecular weight excluding hydrogens is 793 g/mol. The molecule has 0 aromatic heterocycles. The van der Waals surface area contributed by atoms with E-state index in [4.69, 9.17) is 52.1 Å². The van der Waals surface area contributed by atoms with E-state index in [2.05, 4.69) is 6.92 Å². The van der Waals surface area contributed by atoms with E-state index in [1.165, 1.54) is 83.5 Å². The summed E-state index contributed by atoms with van der Waals surface area (Å²) in [6.45, 7) is 12.9. The van der Waals surface area contributed by atoms with Crippen LogP contribution in [0.25, 0.3) is 11.1 Å². The summed E-state index contributed by atoms with van der Waals surface area (Å²) in [6.07, 6.45) is 19.2. The van der Waals surface area contributed by atoms with Gasteiger partial charge in [-0.3, -0.25) is 4.79 Å². The summed E-state index contributed by atoms with van der Waals surface area (Å²) in [6, 6.07) is 16.0. The number of esters is 1. The Hall–Kier alpha value is -2.49. The summed E-state index contributed by atoms with van der Waals surface area (Å²) in [4.78, 5) is 12.9. The van der Waals surface area contributed by atoms with Crippen LogP contribution in [0.5, 0.6) is 0 Å². The number of ether oxygens (including phenoxy) is 11. The van der Waals surface area contributed by atoms with Gasteiger partial charge in [0.1, 0.15) is 12.5 Å². The van der Waals surface area contributed by atoms with Gasteiger partial charge < -0.3 is 52.1 Å². The summed E-state index contributed by atoms with van der Waals surface area (Å²) in [5.41, 5.74) is 4.16. The first-order valence-electron chi connectivity index (χ1n) is 23.9. The lowest BCUT2D eigenvalue weighted by atomic mass is 9.97. The van der Waals surface area contributed by atoms with Gasteiger partial charge in [0.2, 0.25) is 0 Å². The van der Waals surface area contributed by atoms with E-state index >= 15 is 0 Å². The van der Waals surface area contributed by atoms with Gasteiger partial charge in [0, 0.05) is 6.61 Å². The number of carbonyl (C=O) groups excluding carboxylic acids is 1. The summed E-state index contributed by atoms with van der Waals surface area (Å²) < 4.78 is 61.2. The molecule has 0 bridgehead atoms. The van der Waals surface area contributed by atoms with Crippen LogP contribution in [0.2, 0.25) is 0 Å². The van der Waals surface area contributed by atoms with Crippen LogP contribution in [0.1, 0.15) is 114 Å². The van der Waals surface area contributed by atoms with Crippen LogP contribution < -0.4 is 0 Å². The highest BCUT2D eigenvalue weighted by atomic mass is 16.6. The van der Waals surface area contributed by atoms with Crippen molar-refractivity contribution in [1.29, 1.82) is 0 Å². The first-order valence-corrected chi connectivity index (χ1v) is 23.9. The topological polar surface area (TPSA) is 119 Å². The van der Waals surface area contributed by atoms with Crippen LogP contribution in [0.4, 0.5) is 0 Å². The number of hydrogen-bond acceptors (Lipinski definition) is 12. The average Bonchev–Trinajstić information content (AvgIpc) is 3.63. The molecule has 1 aliphatic carbocycles. The molecule has 0 atom stereocenters. The summed E-state index contributed by atoms with van der Waals surface area (Å²) in [5.74, 6) is -0.651. The molecule has 2 aromatic carbocycles. The highest BCUT2D eigenvalue weighted by Crippen LogP contribution is 2.45. The minimum atomic E-state index is -0.397. The van der Waals surface area contributed by atoms with Crippen LogP contribution in [0, 0.1) is 0 Å². The second-order valence-electron chi connectivity index (χ2n) is 15.5. The standard InChI is InChI=1S/C50H82O12/c1-2-3-4-5-6-7-8-9-10-11-12-13-14-19-24-52-25-26-53-27-28-54-29-30-55-31-32-56-33-34-57-35-36-58-37-38-59-39-40-60-41-42-61-43-44-62-50(51)49-47-22-17-15-20-45(47)46-21-16-18-23-48(46)49/h15-18,20-23,49H,2-14,19,24-44H2,1H3. The van der Waals surface area contributed by atoms with Crippen molar-refractivity contribution >= 4 is 5.97 Å². The molecule has 354 valence electrons. The van der Waals surface area contributed by atoms with E-state index in [-0.39, 0.29) is 12.6 Å². The molecule has 0 spiro atoms. The first-order chi connectivity index (χ1) is 30.8. The molecule has 62 heavy (non-hydrogen) atoms. The predicted molar refractivity (Wildman–Crippen MR) is 243 cm³/mol. The lowest BCUT2D eigenvalue weighted by molar-refractivity contribution is -0.146. The van der Waals surface area contributed by atoms with Crippen molar-refractivity contribution in [2.24, 2.45) is 0 Å². The molecule has 0 heterocycles. The van der Waals surface area contributed by atoms with Gasteiger partial charge in [-0.15, -0.1) is 0 Å². The van der Waals surface area contributed by atoms with Crippen molar-refractivity contribution in [3.05, 3.63) is 59.7 Å². The molecule has 0 saturated heterocycles. The highest BCUT2D eigenvalue weighted by molar-refractivity contribution is 5.93. The smallest absolute Gasteiger partial charge is 0.318 e. The van der Waals surface area contributed by atoms with E-state index in [0.717, 1.165) is 35.3 Å². The molecule has 3 rings (SSSR count). The number of benzene rings is 2. The average molecular weight is 875 g/mol. The van der Waals surface area contributed by atoms with E-state index in [9.17, 15) is 4.79 Å². The molecule has 0 fully saturated rings. The van der Waals surface area contributed by atoms with Crippen molar-refractivity contribution < 1.29 is 56.9 Å². The Morgan fingerprint density at radius 2 is 0.597 bits per heavy atom. The van der Waals surface area contributed by atoms with Crippen LogP contribution >= 0.6 is 0 Å². The Balaban J connectivity index is 0.909. The fourth-order valence-electron chi connectivity index (χ4n) is 7.17. The van der Waals surface area contributed by atoms with Crippen LogP contribution in [0.3, 0.4) is 0 Å². The van der Waals surface area contributed by atoms with Crippen LogP contribution in [-0.4, -0.2) is 145 Å². The lowest BCUT2D eigenvalue weighted by Gasteiger charge is -2.13. The van der Waals surface area contributed by atoms with Crippen molar-refractivity contribution in [3.63, 3.8) is 0 Å². The molecule has 12 nitrogen and oxygen atoms in total. The van der Waals surface area contributed by atoms with Gasteiger partial charge in [0.25, 0.3) is 0 Å². The van der Waals surface area contributed by atoms with E-state index in [1.807, 2.05) is 48.5 Å². The molecule has 0 saturated carbocycles. The van der Waals surface area contributed by atoms with Gasteiger partial charge in [-0.05, 0) is 28.7 Å². The Kier molecular flexibility index (Phi) is 34.8. The van der Waals surface area contributed by atoms with Crippen LogP contribution in [0.15, 0.2) is 48.5 Å². The molecule has 0 amide bonds. The Morgan fingerprint density at radius 3 is 0.919 bits per heavy atom. The molecule has 0 radical (unpaired) electrons. The quantitative estimate of drug-likeness (QED) is 0.0467. The third-order valence-electron chi connectivity index (χ3n) is 10.5. The fourth-order valence-corrected chi connectivity index (χ4v) is 7.17. The van der Waals surface area contributed by atoms with Crippen molar-refractivity contribution in [1.82, 2.24) is 0 Å². The normalized spacial score (nSPS) is 12.3. The molecule has 1 aliphatic rings. The fraction of sp³-hybridized carbons (Fsp3) is 0.740. The number of carbonyl (C=O) groups is 1. The number of unbranched alkanes of at least 4 members (excludes halogenated alkanes) is 13. The van der Waals surface area contributed by atoms with Gasteiger partial charge in [-0.2, -0.15) is 0 Å². The van der Waals surface area contributed by atoms with Crippen molar-refractivity contribution in [3.8, 4) is 11.1 Å². The third-order valence-corrected chi connectivity index (χ3v) is 10.5. The lowest BCUT2D eigenvalue weighted by Crippen LogP contribution is -2.19. The van der Waals surface area contributed by atoms with Gasteiger partial charge in [-0.1, -0.05) is 139 Å². The maximum atomic E-state index is 12.9. The van der Waals surface area contributed by atoms with Crippen molar-refractivity contribution in [2.75, 3.05) is 139 Å². The Labute approximate surface area is 374 Å². The zero-order chi connectivity index (χ0) is 43.6. The van der Waals surface area contributed by atoms with Crippen molar-refractivity contribution in [2.45, 2.75) is 103 Å². The zero-order valence-electron chi connectivity index (χ0n) is 38.3. The van der Waals surface area contributed by atoms with E-state index in [0.29, 0.717) is 126 Å². The molecule has 0 N–H and O–H groups in total. The highest BCUT2D eigenvalue weighted by Gasteiger charge is 2.34. The SMILES string of the molecule is CCCCCCCCCCCCCCCCOCCOCCOCCOCCOCCOCCOCCOCCOCCOCCOC(=O)C1c2ccccc2-c2ccccc21. The second kappa shape index (κ2) is 40.1. The number of hydrogen-bond donors (Lipinski definition) is 0. The second-order valence-corrected chi connectivity index (χ2v) is 15.5. The van der Waals surface area contributed by atoms with Gasteiger partial charge in [0.05, 0.1) is 126 Å².